The zero-order valence-electron chi connectivity index (χ0n) is 11.6. The predicted molar refractivity (Wildman–Crippen MR) is 72.9 cm³/mol. The first-order valence-electron chi connectivity index (χ1n) is 7.25. The van der Waals surface area contributed by atoms with Gasteiger partial charge in [-0.25, -0.2) is 0 Å². The highest BCUT2D eigenvalue weighted by Gasteiger charge is 2.39. The molecule has 6 heteroatoms. The van der Waals surface area contributed by atoms with Crippen molar-refractivity contribution in [2.24, 2.45) is 0 Å². The van der Waals surface area contributed by atoms with E-state index in [0.29, 0.717) is 5.56 Å². The molecule has 1 aromatic rings. The van der Waals surface area contributed by atoms with Crippen molar-refractivity contribution in [2.75, 3.05) is 6.54 Å². The lowest BCUT2D eigenvalue weighted by Gasteiger charge is -2.31. The van der Waals surface area contributed by atoms with Crippen molar-refractivity contribution in [1.29, 1.82) is 0 Å². The van der Waals surface area contributed by atoms with E-state index in [1.807, 2.05) is 0 Å². The lowest BCUT2D eigenvalue weighted by atomic mass is 10.1. The molecule has 0 bridgehead atoms. The van der Waals surface area contributed by atoms with Gasteiger partial charge in [-0.3, -0.25) is 10.1 Å². The van der Waals surface area contributed by atoms with Crippen molar-refractivity contribution >= 4 is 5.91 Å². The van der Waals surface area contributed by atoms with Crippen LogP contribution in [-0.4, -0.2) is 30.0 Å². The van der Waals surface area contributed by atoms with Gasteiger partial charge in [0.15, 0.2) is 0 Å². The number of para-hydroxylation sites is 1. The van der Waals surface area contributed by atoms with Gasteiger partial charge in [-0.2, -0.15) is 8.78 Å². The van der Waals surface area contributed by atoms with Gasteiger partial charge in [-0.15, -0.1) is 0 Å². The summed E-state index contributed by atoms with van der Waals surface area (Å²) in [5.41, 5.74) is 0.593. The van der Waals surface area contributed by atoms with Gasteiger partial charge in [0.05, 0.1) is 6.54 Å². The van der Waals surface area contributed by atoms with Crippen LogP contribution in [0.4, 0.5) is 8.78 Å². The number of rotatable bonds is 4. The number of carbonyl (C=O) groups is 1. The van der Waals surface area contributed by atoms with Gasteiger partial charge in [0, 0.05) is 11.6 Å². The van der Waals surface area contributed by atoms with E-state index in [0.717, 1.165) is 25.7 Å². The van der Waals surface area contributed by atoms with Gasteiger partial charge in [-0.1, -0.05) is 31.0 Å². The predicted octanol–water partition coefficient (Wildman–Crippen LogP) is 2.66. The molecule has 21 heavy (non-hydrogen) atoms. The number of nitrogens with zero attached hydrogens (tertiary/aromatic N) is 1. The van der Waals surface area contributed by atoms with Crippen molar-refractivity contribution in [1.82, 2.24) is 10.2 Å². The number of halogens is 2. The van der Waals surface area contributed by atoms with Crippen LogP contribution < -0.4 is 10.1 Å². The molecule has 3 rings (SSSR count). The van der Waals surface area contributed by atoms with E-state index in [9.17, 15) is 13.6 Å². The van der Waals surface area contributed by atoms with Crippen molar-refractivity contribution in [3.05, 3.63) is 29.8 Å². The summed E-state index contributed by atoms with van der Waals surface area (Å²) in [6.07, 6.45) is 3.78. The Balaban J connectivity index is 1.89. The fraction of sp³-hybridized carbons (Fsp3) is 0.533. The first-order chi connectivity index (χ1) is 10.2. The molecule has 1 heterocycles. The Kier molecular flexibility index (Phi) is 4.05. The quantitative estimate of drug-likeness (QED) is 0.929. The molecule has 2 fully saturated rings. The summed E-state index contributed by atoms with van der Waals surface area (Å²) in [6, 6.07) is 6.86. The molecule has 4 nitrogen and oxygen atoms in total. The molecule has 2 aliphatic rings. The van der Waals surface area contributed by atoms with Crippen LogP contribution in [0.1, 0.15) is 37.4 Å². The maximum absolute atomic E-state index is 12.5. The van der Waals surface area contributed by atoms with E-state index in [2.05, 4.69) is 10.1 Å². The fourth-order valence-electron chi connectivity index (χ4n) is 3.28. The minimum atomic E-state index is -2.87. The second kappa shape index (κ2) is 5.97. The van der Waals surface area contributed by atoms with E-state index in [4.69, 9.17) is 0 Å². The Morgan fingerprint density at radius 2 is 1.95 bits per heavy atom. The van der Waals surface area contributed by atoms with Crippen LogP contribution in [0.3, 0.4) is 0 Å². The topological polar surface area (TPSA) is 41.6 Å². The fourth-order valence-corrected chi connectivity index (χ4v) is 3.28. The summed E-state index contributed by atoms with van der Waals surface area (Å²) < 4.78 is 29.7. The van der Waals surface area contributed by atoms with Crippen LogP contribution in [0.5, 0.6) is 5.75 Å². The van der Waals surface area contributed by atoms with E-state index in [1.165, 1.54) is 6.07 Å². The van der Waals surface area contributed by atoms with Gasteiger partial charge >= 0.3 is 6.61 Å². The lowest BCUT2D eigenvalue weighted by Crippen LogP contribution is -2.38. The molecule has 1 N–H and O–H groups in total. The first-order valence-corrected chi connectivity index (χ1v) is 7.25. The normalized spacial score (nSPS) is 23.3. The Morgan fingerprint density at radius 1 is 1.24 bits per heavy atom. The molecular formula is C15H18F2N2O2. The molecule has 1 amide bonds. The molecule has 1 aliphatic heterocycles. The highest BCUT2D eigenvalue weighted by atomic mass is 19.3. The van der Waals surface area contributed by atoms with Crippen LogP contribution in [0.15, 0.2) is 24.3 Å². The van der Waals surface area contributed by atoms with E-state index in [-0.39, 0.29) is 30.4 Å². The number of carbonyl (C=O) groups excluding carboxylic acids is 1. The molecule has 0 spiro atoms. The summed E-state index contributed by atoms with van der Waals surface area (Å²) in [5, 5.41) is 3.11. The monoisotopic (exact) mass is 296 g/mol. The molecule has 114 valence electrons. The lowest BCUT2D eigenvalue weighted by molar-refractivity contribution is -0.130. The van der Waals surface area contributed by atoms with Crippen LogP contribution in [-0.2, 0) is 4.79 Å². The molecule has 0 radical (unpaired) electrons. The van der Waals surface area contributed by atoms with Gasteiger partial charge in [0.2, 0.25) is 5.91 Å². The number of alkyl halides is 2. The minimum Gasteiger partial charge on any atom is -0.434 e. The van der Waals surface area contributed by atoms with Gasteiger partial charge in [0.25, 0.3) is 0 Å². The molecule has 1 aromatic carbocycles. The maximum atomic E-state index is 12.5. The number of hydrogen-bond acceptors (Lipinski definition) is 3. The Morgan fingerprint density at radius 3 is 2.67 bits per heavy atom. The molecule has 1 aliphatic carbocycles. The standard InChI is InChI=1S/C15H18F2N2O2/c16-15(17)21-12-8-4-3-7-11(12)14-18-9-13(20)19(14)10-5-1-2-6-10/h3-4,7-8,10,14-15,18H,1-2,5-6,9H2. The summed E-state index contributed by atoms with van der Waals surface area (Å²) in [6.45, 7) is -2.63. The number of nitrogens with one attached hydrogen (secondary N) is 1. The molecule has 0 aromatic heterocycles. The van der Waals surface area contributed by atoms with Gasteiger partial charge in [-0.05, 0) is 18.9 Å². The van der Waals surface area contributed by atoms with E-state index < -0.39 is 6.61 Å². The number of ether oxygens (including phenoxy) is 1. The summed E-state index contributed by atoms with van der Waals surface area (Å²) in [4.78, 5) is 14.0. The minimum absolute atomic E-state index is 0.0266. The average Bonchev–Trinajstić information content (AvgIpc) is 3.07. The Hall–Kier alpha value is -1.69. The van der Waals surface area contributed by atoms with Gasteiger partial charge < -0.3 is 9.64 Å². The van der Waals surface area contributed by atoms with E-state index >= 15 is 0 Å². The average molecular weight is 296 g/mol. The zero-order chi connectivity index (χ0) is 14.8. The molecule has 1 saturated carbocycles. The van der Waals surface area contributed by atoms with Gasteiger partial charge in [0.1, 0.15) is 11.9 Å². The third-order valence-electron chi connectivity index (χ3n) is 4.16. The van der Waals surface area contributed by atoms with Crippen LogP contribution in [0.2, 0.25) is 0 Å². The highest BCUT2D eigenvalue weighted by Crippen LogP contribution is 2.36. The first kappa shape index (κ1) is 14.3. The number of hydrogen-bond donors (Lipinski definition) is 1. The zero-order valence-corrected chi connectivity index (χ0v) is 11.6. The second-order valence-electron chi connectivity index (χ2n) is 5.44. The number of benzene rings is 1. The summed E-state index contributed by atoms with van der Waals surface area (Å²) in [7, 11) is 0. The largest absolute Gasteiger partial charge is 0.434 e. The van der Waals surface area contributed by atoms with Crippen molar-refractivity contribution in [2.45, 2.75) is 44.5 Å². The summed E-state index contributed by atoms with van der Waals surface area (Å²) in [5.74, 6) is 0.154. The Labute approximate surface area is 122 Å². The summed E-state index contributed by atoms with van der Waals surface area (Å²) >= 11 is 0. The van der Waals surface area contributed by atoms with Crippen molar-refractivity contribution in [3.8, 4) is 5.75 Å². The van der Waals surface area contributed by atoms with Crippen LogP contribution in [0.25, 0.3) is 0 Å². The second-order valence-corrected chi connectivity index (χ2v) is 5.44. The van der Waals surface area contributed by atoms with Crippen LogP contribution in [0, 0.1) is 0 Å². The van der Waals surface area contributed by atoms with E-state index in [1.54, 1.807) is 23.1 Å². The van der Waals surface area contributed by atoms with Crippen LogP contribution >= 0.6 is 0 Å². The molecule has 1 atom stereocenters. The van der Waals surface area contributed by atoms with Crippen molar-refractivity contribution in [3.63, 3.8) is 0 Å². The number of amides is 1. The van der Waals surface area contributed by atoms with Crippen molar-refractivity contribution < 1.29 is 18.3 Å². The molecule has 1 unspecified atom stereocenters. The highest BCUT2D eigenvalue weighted by molar-refractivity contribution is 5.81. The third-order valence-corrected chi connectivity index (χ3v) is 4.16. The smallest absolute Gasteiger partial charge is 0.387 e. The maximum Gasteiger partial charge on any atom is 0.387 e. The Bertz CT molecular complexity index is 518. The third kappa shape index (κ3) is 2.85. The SMILES string of the molecule is O=C1CNC(c2ccccc2OC(F)F)N1C1CCCC1. The molecular weight excluding hydrogens is 278 g/mol. The molecule has 1 saturated heterocycles.